The van der Waals surface area contributed by atoms with Crippen LogP contribution in [0.5, 0.6) is 0 Å². The Morgan fingerprint density at radius 2 is 2.11 bits per heavy atom. The molecule has 0 bridgehead atoms. The fourth-order valence-corrected chi connectivity index (χ4v) is 2.68. The van der Waals surface area contributed by atoms with Crippen molar-refractivity contribution >= 4 is 17.3 Å². The molecule has 0 aliphatic heterocycles. The summed E-state index contributed by atoms with van der Waals surface area (Å²) < 4.78 is 0. The zero-order valence-corrected chi connectivity index (χ0v) is 13.2. The van der Waals surface area contributed by atoms with Gasteiger partial charge < -0.3 is 10.2 Å². The van der Waals surface area contributed by atoms with Crippen LogP contribution in [0.25, 0.3) is 0 Å². The molecule has 1 N–H and O–H groups in total. The quantitative estimate of drug-likeness (QED) is 0.849. The van der Waals surface area contributed by atoms with Crippen molar-refractivity contribution in [3.8, 4) is 0 Å². The summed E-state index contributed by atoms with van der Waals surface area (Å²) in [6.07, 6.45) is 1.37. The molecule has 0 amide bonds. The summed E-state index contributed by atoms with van der Waals surface area (Å²) in [6, 6.07) is 6.70. The SMILES string of the molecule is CC(C)NCc1cc(Cl)ccc1N(C)CC1CC1C. The molecule has 2 rings (SSSR count). The molecule has 1 aliphatic carbocycles. The van der Waals surface area contributed by atoms with Gasteiger partial charge in [0.25, 0.3) is 0 Å². The van der Waals surface area contributed by atoms with Crippen molar-refractivity contribution in [1.82, 2.24) is 5.32 Å². The molecule has 1 aromatic carbocycles. The number of benzene rings is 1. The Bertz CT molecular complexity index is 431. The highest BCUT2D eigenvalue weighted by atomic mass is 35.5. The van der Waals surface area contributed by atoms with E-state index in [-0.39, 0.29) is 0 Å². The third-order valence-electron chi connectivity index (χ3n) is 3.94. The van der Waals surface area contributed by atoms with Gasteiger partial charge >= 0.3 is 0 Å². The lowest BCUT2D eigenvalue weighted by molar-refractivity contribution is 0.587. The molecule has 3 heteroatoms. The number of halogens is 1. The molecule has 0 saturated heterocycles. The predicted octanol–water partition coefficient (Wildman–Crippen LogP) is 3.93. The van der Waals surface area contributed by atoms with Crippen LogP contribution in [0, 0.1) is 11.8 Å². The van der Waals surface area contributed by atoms with E-state index < -0.39 is 0 Å². The van der Waals surface area contributed by atoms with E-state index in [2.05, 4.69) is 50.2 Å². The van der Waals surface area contributed by atoms with Crippen LogP contribution in [0.2, 0.25) is 5.02 Å². The van der Waals surface area contributed by atoms with E-state index in [1.54, 1.807) is 0 Å². The Balaban J connectivity index is 2.08. The Morgan fingerprint density at radius 3 is 2.68 bits per heavy atom. The summed E-state index contributed by atoms with van der Waals surface area (Å²) in [5.41, 5.74) is 2.59. The van der Waals surface area contributed by atoms with Crippen LogP contribution >= 0.6 is 11.6 Å². The fraction of sp³-hybridized carbons (Fsp3) is 0.625. The zero-order valence-electron chi connectivity index (χ0n) is 12.4. The van der Waals surface area contributed by atoms with Crippen LogP contribution in [0.15, 0.2) is 18.2 Å². The second kappa shape index (κ2) is 6.15. The lowest BCUT2D eigenvalue weighted by Crippen LogP contribution is -2.26. The molecule has 1 saturated carbocycles. The molecule has 1 aliphatic rings. The van der Waals surface area contributed by atoms with E-state index in [1.165, 1.54) is 17.7 Å². The highest BCUT2D eigenvalue weighted by molar-refractivity contribution is 6.30. The molecule has 0 aromatic heterocycles. The Hall–Kier alpha value is -0.730. The van der Waals surface area contributed by atoms with Gasteiger partial charge in [-0.25, -0.2) is 0 Å². The smallest absolute Gasteiger partial charge is 0.0410 e. The maximum absolute atomic E-state index is 6.13. The molecular formula is C16H25ClN2. The van der Waals surface area contributed by atoms with Crippen molar-refractivity contribution in [2.45, 2.75) is 39.8 Å². The molecular weight excluding hydrogens is 256 g/mol. The minimum atomic E-state index is 0.487. The molecule has 106 valence electrons. The van der Waals surface area contributed by atoms with Crippen molar-refractivity contribution in [1.29, 1.82) is 0 Å². The monoisotopic (exact) mass is 280 g/mol. The molecule has 2 nitrogen and oxygen atoms in total. The van der Waals surface area contributed by atoms with Gasteiger partial charge in [-0.05, 0) is 42.0 Å². The van der Waals surface area contributed by atoms with Crippen LogP contribution in [0.4, 0.5) is 5.69 Å². The van der Waals surface area contributed by atoms with Crippen LogP contribution in [0.3, 0.4) is 0 Å². The average Bonchev–Trinajstić information content (AvgIpc) is 3.02. The Morgan fingerprint density at radius 1 is 1.42 bits per heavy atom. The van der Waals surface area contributed by atoms with E-state index in [9.17, 15) is 0 Å². The molecule has 2 unspecified atom stereocenters. The van der Waals surface area contributed by atoms with E-state index >= 15 is 0 Å². The van der Waals surface area contributed by atoms with Crippen LogP contribution in [-0.2, 0) is 6.54 Å². The molecule has 2 atom stereocenters. The lowest BCUT2D eigenvalue weighted by atomic mass is 10.1. The second-order valence-electron chi connectivity index (χ2n) is 6.16. The van der Waals surface area contributed by atoms with Crippen molar-refractivity contribution in [2.75, 3.05) is 18.5 Å². The number of nitrogens with zero attached hydrogens (tertiary/aromatic N) is 1. The number of nitrogens with one attached hydrogen (secondary N) is 1. The van der Waals surface area contributed by atoms with Gasteiger partial charge in [-0.3, -0.25) is 0 Å². The van der Waals surface area contributed by atoms with Gasteiger partial charge in [0, 0.05) is 36.9 Å². The largest absolute Gasteiger partial charge is 0.374 e. The highest BCUT2D eigenvalue weighted by Gasteiger charge is 2.33. The molecule has 1 fully saturated rings. The van der Waals surface area contributed by atoms with Gasteiger partial charge in [-0.2, -0.15) is 0 Å². The summed E-state index contributed by atoms with van der Waals surface area (Å²) in [6.45, 7) is 8.69. The number of hydrogen-bond acceptors (Lipinski definition) is 2. The van der Waals surface area contributed by atoms with E-state index in [4.69, 9.17) is 11.6 Å². The van der Waals surface area contributed by atoms with Gasteiger partial charge in [0.2, 0.25) is 0 Å². The van der Waals surface area contributed by atoms with Gasteiger partial charge in [0.15, 0.2) is 0 Å². The number of hydrogen-bond donors (Lipinski definition) is 1. The Kier molecular flexibility index (Phi) is 4.75. The van der Waals surface area contributed by atoms with E-state index in [0.717, 1.165) is 29.9 Å². The zero-order chi connectivity index (χ0) is 14.0. The first-order valence-electron chi connectivity index (χ1n) is 7.20. The van der Waals surface area contributed by atoms with Crippen LogP contribution < -0.4 is 10.2 Å². The first-order chi connectivity index (χ1) is 8.97. The minimum Gasteiger partial charge on any atom is -0.374 e. The minimum absolute atomic E-state index is 0.487. The second-order valence-corrected chi connectivity index (χ2v) is 6.60. The normalized spacial score (nSPS) is 21.8. The number of rotatable bonds is 6. The summed E-state index contributed by atoms with van der Waals surface area (Å²) in [7, 11) is 2.19. The summed E-state index contributed by atoms with van der Waals surface area (Å²) >= 11 is 6.13. The van der Waals surface area contributed by atoms with Gasteiger partial charge in [-0.15, -0.1) is 0 Å². The Labute approximate surface area is 122 Å². The molecule has 1 aromatic rings. The molecule has 0 heterocycles. The van der Waals surface area contributed by atoms with Crippen molar-refractivity contribution in [2.24, 2.45) is 11.8 Å². The van der Waals surface area contributed by atoms with Crippen molar-refractivity contribution < 1.29 is 0 Å². The lowest BCUT2D eigenvalue weighted by Gasteiger charge is -2.23. The summed E-state index contributed by atoms with van der Waals surface area (Å²) in [5, 5.41) is 4.29. The topological polar surface area (TPSA) is 15.3 Å². The first-order valence-corrected chi connectivity index (χ1v) is 7.58. The number of anilines is 1. The summed E-state index contributed by atoms with van der Waals surface area (Å²) in [5.74, 6) is 1.76. The maximum atomic E-state index is 6.13. The third kappa shape index (κ3) is 4.12. The molecule has 19 heavy (non-hydrogen) atoms. The van der Waals surface area contributed by atoms with Crippen molar-refractivity contribution in [3.63, 3.8) is 0 Å². The molecule has 0 radical (unpaired) electrons. The van der Waals surface area contributed by atoms with Crippen LogP contribution in [-0.4, -0.2) is 19.6 Å². The first kappa shape index (κ1) is 14.7. The van der Waals surface area contributed by atoms with E-state index in [0.29, 0.717) is 6.04 Å². The van der Waals surface area contributed by atoms with Gasteiger partial charge in [-0.1, -0.05) is 32.4 Å². The maximum Gasteiger partial charge on any atom is 0.0410 e. The van der Waals surface area contributed by atoms with Gasteiger partial charge in [0.1, 0.15) is 0 Å². The summed E-state index contributed by atoms with van der Waals surface area (Å²) in [4.78, 5) is 2.38. The highest BCUT2D eigenvalue weighted by Crippen LogP contribution is 2.39. The van der Waals surface area contributed by atoms with E-state index in [1.807, 2.05) is 6.07 Å². The van der Waals surface area contributed by atoms with Crippen LogP contribution in [0.1, 0.15) is 32.8 Å². The van der Waals surface area contributed by atoms with Crippen molar-refractivity contribution in [3.05, 3.63) is 28.8 Å². The van der Waals surface area contributed by atoms with Gasteiger partial charge in [0.05, 0.1) is 0 Å². The molecule has 0 spiro atoms. The predicted molar refractivity (Wildman–Crippen MR) is 84.0 cm³/mol. The average molecular weight is 281 g/mol. The standard InChI is InChI=1S/C16H25ClN2/c1-11(2)18-9-13-8-15(17)5-6-16(13)19(4)10-14-7-12(14)3/h5-6,8,11-12,14,18H,7,9-10H2,1-4H3. The third-order valence-corrected chi connectivity index (χ3v) is 4.17. The fourth-order valence-electron chi connectivity index (χ4n) is 2.49.